The van der Waals surface area contributed by atoms with E-state index < -0.39 is 0 Å². The van der Waals surface area contributed by atoms with E-state index in [9.17, 15) is 4.79 Å². The van der Waals surface area contributed by atoms with E-state index in [0.717, 1.165) is 36.2 Å². The maximum absolute atomic E-state index is 11.9. The van der Waals surface area contributed by atoms with E-state index in [1.54, 1.807) is 0 Å². The van der Waals surface area contributed by atoms with Gasteiger partial charge < -0.3 is 16.0 Å². The maximum atomic E-state index is 11.9. The summed E-state index contributed by atoms with van der Waals surface area (Å²) in [6.07, 6.45) is 2.63. The first kappa shape index (κ1) is 21.2. The van der Waals surface area contributed by atoms with Crippen molar-refractivity contribution in [3.63, 3.8) is 0 Å². The molecule has 3 rings (SSSR count). The van der Waals surface area contributed by atoms with Gasteiger partial charge in [-0.15, -0.1) is 24.0 Å². The van der Waals surface area contributed by atoms with Gasteiger partial charge in [-0.2, -0.15) is 0 Å². The second-order valence-electron chi connectivity index (χ2n) is 6.56. The summed E-state index contributed by atoms with van der Waals surface area (Å²) < 4.78 is 0. The highest BCUT2D eigenvalue weighted by atomic mass is 127. The highest BCUT2D eigenvalue weighted by Gasteiger charge is 2.20. The van der Waals surface area contributed by atoms with E-state index in [0.29, 0.717) is 25.5 Å². The smallest absolute Gasteiger partial charge is 0.222 e. The Morgan fingerprint density at radius 2 is 1.85 bits per heavy atom. The molecule has 0 saturated carbocycles. The van der Waals surface area contributed by atoms with Crippen LogP contribution in [0.3, 0.4) is 0 Å². The minimum atomic E-state index is 0. The summed E-state index contributed by atoms with van der Waals surface area (Å²) in [7, 11) is 0. The molecule has 0 spiro atoms. The van der Waals surface area contributed by atoms with Gasteiger partial charge in [-0.3, -0.25) is 4.79 Å². The number of carbonyl (C=O) groups is 1. The maximum Gasteiger partial charge on any atom is 0.222 e. The molecule has 27 heavy (non-hydrogen) atoms. The molecule has 1 aliphatic heterocycles. The van der Waals surface area contributed by atoms with Gasteiger partial charge >= 0.3 is 0 Å². The minimum Gasteiger partial charge on any atom is -0.370 e. The molecule has 1 amide bonds. The number of halogens is 1. The van der Waals surface area contributed by atoms with Gasteiger partial charge in [0.15, 0.2) is 5.96 Å². The zero-order valence-electron chi connectivity index (χ0n) is 15.6. The number of aliphatic imine (C=N–C) groups is 1. The van der Waals surface area contributed by atoms with E-state index >= 15 is 0 Å². The van der Waals surface area contributed by atoms with E-state index in [2.05, 4.69) is 35.4 Å². The molecule has 0 radical (unpaired) electrons. The summed E-state index contributed by atoms with van der Waals surface area (Å²) >= 11 is 0. The van der Waals surface area contributed by atoms with E-state index in [1.165, 1.54) is 5.56 Å². The summed E-state index contributed by atoms with van der Waals surface area (Å²) in [6, 6.07) is 16.3. The molecule has 1 heterocycles. The average molecular weight is 478 g/mol. The molecule has 1 aliphatic rings. The fourth-order valence-corrected chi connectivity index (χ4v) is 3.12. The van der Waals surface area contributed by atoms with Crippen molar-refractivity contribution in [1.82, 2.24) is 4.90 Å². The Hall–Kier alpha value is -2.09. The van der Waals surface area contributed by atoms with Gasteiger partial charge in [0.2, 0.25) is 5.91 Å². The van der Waals surface area contributed by atoms with E-state index in [-0.39, 0.29) is 29.9 Å². The van der Waals surface area contributed by atoms with Gasteiger partial charge in [-0.05, 0) is 41.7 Å². The molecular weight excluding hydrogens is 451 g/mol. The topological polar surface area (TPSA) is 70.7 Å². The van der Waals surface area contributed by atoms with Gasteiger partial charge in [0.05, 0.1) is 6.54 Å². The van der Waals surface area contributed by atoms with Crippen LogP contribution < -0.4 is 11.1 Å². The number of guanidine groups is 1. The van der Waals surface area contributed by atoms with Crippen LogP contribution in [0, 0.1) is 0 Å². The van der Waals surface area contributed by atoms with Crippen LogP contribution in [0.5, 0.6) is 0 Å². The van der Waals surface area contributed by atoms with Crippen molar-refractivity contribution >= 4 is 41.5 Å². The van der Waals surface area contributed by atoms with Crippen LogP contribution in [0.4, 0.5) is 5.69 Å². The Labute approximate surface area is 178 Å². The lowest BCUT2D eigenvalue weighted by Crippen LogP contribution is -2.25. The van der Waals surface area contributed by atoms with Crippen molar-refractivity contribution in [2.24, 2.45) is 10.7 Å². The molecule has 2 aromatic rings. The zero-order chi connectivity index (χ0) is 18.4. The molecular formula is C21H27IN4O. The van der Waals surface area contributed by atoms with Gasteiger partial charge in [0.25, 0.3) is 0 Å². The Kier molecular flexibility index (Phi) is 8.09. The zero-order valence-corrected chi connectivity index (χ0v) is 18.0. The second-order valence-corrected chi connectivity index (χ2v) is 6.56. The fourth-order valence-electron chi connectivity index (χ4n) is 3.12. The standard InChI is InChI=1S/C21H26N4O.HI/c1-2-16-9-11-19(12-10-16)24-21(22)23-14-17-6-3-4-7-18(17)15-25-13-5-8-20(25)26;/h3-4,6-7,9-12H,2,5,8,13-15H2,1H3,(H3,22,23,24);1H. The molecule has 6 heteroatoms. The molecule has 3 N–H and O–H groups in total. The lowest BCUT2D eigenvalue weighted by molar-refractivity contribution is -0.128. The molecule has 1 saturated heterocycles. The molecule has 144 valence electrons. The molecule has 0 bridgehead atoms. The summed E-state index contributed by atoms with van der Waals surface area (Å²) in [5.74, 6) is 0.626. The molecule has 0 aliphatic carbocycles. The van der Waals surface area contributed by atoms with Crippen molar-refractivity contribution in [2.45, 2.75) is 39.3 Å². The van der Waals surface area contributed by atoms with Crippen molar-refractivity contribution in [1.29, 1.82) is 0 Å². The van der Waals surface area contributed by atoms with E-state index in [1.807, 2.05) is 35.2 Å². The second kappa shape index (κ2) is 10.3. The first-order valence-electron chi connectivity index (χ1n) is 9.16. The largest absolute Gasteiger partial charge is 0.370 e. The number of nitrogens with one attached hydrogen (secondary N) is 1. The van der Waals surface area contributed by atoms with Crippen LogP contribution >= 0.6 is 24.0 Å². The number of aryl methyl sites for hydroxylation is 1. The third-order valence-corrected chi connectivity index (χ3v) is 4.71. The summed E-state index contributed by atoms with van der Waals surface area (Å²) in [5.41, 5.74) is 10.5. The highest BCUT2D eigenvalue weighted by molar-refractivity contribution is 14.0. The lowest BCUT2D eigenvalue weighted by Gasteiger charge is -2.17. The van der Waals surface area contributed by atoms with Crippen LogP contribution in [-0.2, 0) is 24.3 Å². The van der Waals surface area contributed by atoms with Crippen molar-refractivity contribution in [3.05, 3.63) is 65.2 Å². The van der Waals surface area contributed by atoms with Crippen molar-refractivity contribution in [2.75, 3.05) is 11.9 Å². The van der Waals surface area contributed by atoms with Gasteiger partial charge in [0.1, 0.15) is 0 Å². The highest BCUT2D eigenvalue weighted by Crippen LogP contribution is 2.18. The quantitative estimate of drug-likeness (QED) is 0.376. The Bertz CT molecular complexity index is 789. The van der Waals surface area contributed by atoms with Gasteiger partial charge in [-0.1, -0.05) is 43.3 Å². The number of hydrogen-bond donors (Lipinski definition) is 2. The van der Waals surface area contributed by atoms with Crippen LogP contribution in [0.1, 0.15) is 36.5 Å². The van der Waals surface area contributed by atoms with Gasteiger partial charge in [0, 0.05) is 25.2 Å². The monoisotopic (exact) mass is 478 g/mol. The van der Waals surface area contributed by atoms with Crippen LogP contribution in [0.2, 0.25) is 0 Å². The molecule has 2 aromatic carbocycles. The number of nitrogens with two attached hydrogens (primary N) is 1. The number of carbonyl (C=O) groups excluding carboxylic acids is 1. The average Bonchev–Trinajstić information content (AvgIpc) is 3.06. The minimum absolute atomic E-state index is 0. The predicted molar refractivity (Wildman–Crippen MR) is 121 cm³/mol. The summed E-state index contributed by atoms with van der Waals surface area (Å²) in [5, 5.41) is 3.13. The third kappa shape index (κ3) is 5.95. The number of amides is 1. The van der Waals surface area contributed by atoms with E-state index in [4.69, 9.17) is 5.73 Å². The predicted octanol–water partition coefficient (Wildman–Crippen LogP) is 3.92. The SMILES string of the molecule is CCc1ccc(NC(N)=NCc2ccccc2CN2CCCC2=O)cc1.I. The summed E-state index contributed by atoms with van der Waals surface area (Å²) in [6.45, 7) is 4.11. The number of hydrogen-bond acceptors (Lipinski definition) is 2. The van der Waals surface area contributed by atoms with Crippen LogP contribution in [-0.4, -0.2) is 23.3 Å². The number of nitrogens with zero attached hydrogens (tertiary/aromatic N) is 2. The number of anilines is 1. The Morgan fingerprint density at radius 3 is 2.48 bits per heavy atom. The number of rotatable bonds is 6. The van der Waals surface area contributed by atoms with Crippen LogP contribution in [0.15, 0.2) is 53.5 Å². The molecule has 0 aromatic heterocycles. The number of benzene rings is 2. The fraction of sp³-hybridized carbons (Fsp3) is 0.333. The normalized spacial score (nSPS) is 14.2. The third-order valence-electron chi connectivity index (χ3n) is 4.71. The Balaban J connectivity index is 0.00000261. The lowest BCUT2D eigenvalue weighted by atomic mass is 10.1. The molecule has 5 nitrogen and oxygen atoms in total. The molecule has 0 atom stereocenters. The summed E-state index contributed by atoms with van der Waals surface area (Å²) in [4.78, 5) is 18.3. The molecule has 0 unspecified atom stereocenters. The van der Waals surface area contributed by atoms with Crippen LogP contribution in [0.25, 0.3) is 0 Å². The van der Waals surface area contributed by atoms with Gasteiger partial charge in [-0.25, -0.2) is 4.99 Å². The first-order chi connectivity index (χ1) is 12.7. The van der Waals surface area contributed by atoms with Crippen molar-refractivity contribution in [3.8, 4) is 0 Å². The van der Waals surface area contributed by atoms with Crippen molar-refractivity contribution < 1.29 is 4.79 Å². The first-order valence-corrected chi connectivity index (χ1v) is 9.16. The number of likely N-dealkylation sites (tertiary alicyclic amines) is 1. The molecule has 1 fully saturated rings. The Morgan fingerprint density at radius 1 is 1.15 bits per heavy atom.